The van der Waals surface area contributed by atoms with E-state index in [2.05, 4.69) is 34.8 Å². The number of anilines is 1. The lowest BCUT2D eigenvalue weighted by Gasteiger charge is -2.03. The van der Waals surface area contributed by atoms with E-state index in [9.17, 15) is 0 Å². The maximum absolute atomic E-state index is 4.24. The van der Waals surface area contributed by atoms with Crippen molar-refractivity contribution in [3.05, 3.63) is 5.69 Å². The second-order valence-electron chi connectivity index (χ2n) is 3.19. The van der Waals surface area contributed by atoms with Crippen LogP contribution in [0.1, 0.15) is 26.5 Å². The minimum absolute atomic E-state index is 0.645. The molecule has 68 valence electrons. The Hall–Kier alpha value is -0.640. The van der Waals surface area contributed by atoms with Crippen molar-refractivity contribution >= 4 is 17.5 Å². The van der Waals surface area contributed by atoms with Gasteiger partial charge in [0.1, 0.15) is 0 Å². The Morgan fingerprint density at radius 1 is 1.42 bits per heavy atom. The average Bonchev–Trinajstić information content (AvgIpc) is 2.37. The molecule has 0 saturated heterocycles. The molecule has 12 heavy (non-hydrogen) atoms. The van der Waals surface area contributed by atoms with Crippen LogP contribution in [0.3, 0.4) is 0 Å². The van der Waals surface area contributed by atoms with E-state index in [0.29, 0.717) is 5.92 Å². The van der Waals surface area contributed by atoms with E-state index in [1.54, 1.807) is 0 Å². The van der Waals surface area contributed by atoms with Gasteiger partial charge in [0.05, 0.1) is 17.4 Å². The van der Waals surface area contributed by atoms with Crippen LogP contribution < -0.4 is 5.32 Å². The maximum Gasteiger partial charge on any atom is 0.163 e. The molecule has 0 amide bonds. The molecule has 3 nitrogen and oxygen atoms in total. The largest absolute Gasteiger partial charge is 0.368 e. The highest BCUT2D eigenvalue weighted by atomic mass is 32.1. The van der Waals surface area contributed by atoms with Gasteiger partial charge in [0, 0.05) is 6.54 Å². The van der Waals surface area contributed by atoms with Gasteiger partial charge in [-0.1, -0.05) is 13.8 Å². The molecule has 1 aromatic rings. The van der Waals surface area contributed by atoms with Crippen LogP contribution in [0.4, 0.5) is 5.82 Å². The summed E-state index contributed by atoms with van der Waals surface area (Å²) >= 11 is 1.29. The van der Waals surface area contributed by atoms with Crippen LogP contribution in [-0.4, -0.2) is 15.3 Å². The summed E-state index contributed by atoms with van der Waals surface area (Å²) in [6.07, 6.45) is 1.01. The van der Waals surface area contributed by atoms with Crippen LogP contribution in [0.25, 0.3) is 0 Å². The molecule has 0 aromatic carbocycles. The van der Waals surface area contributed by atoms with Crippen molar-refractivity contribution in [2.75, 3.05) is 11.9 Å². The first-order chi connectivity index (χ1) is 5.74. The van der Waals surface area contributed by atoms with Crippen molar-refractivity contribution in [2.24, 2.45) is 5.92 Å². The highest BCUT2D eigenvalue weighted by Gasteiger charge is 2.07. The lowest BCUT2D eigenvalue weighted by atomic mass is 10.1. The monoisotopic (exact) mass is 185 g/mol. The second kappa shape index (κ2) is 4.40. The molecule has 0 fully saturated rings. The van der Waals surface area contributed by atoms with Gasteiger partial charge in [-0.2, -0.15) is 8.75 Å². The normalized spacial score (nSPS) is 10.7. The topological polar surface area (TPSA) is 37.8 Å². The lowest BCUT2D eigenvalue weighted by molar-refractivity contribution is 0.640. The summed E-state index contributed by atoms with van der Waals surface area (Å²) in [7, 11) is 0. The molecule has 0 atom stereocenters. The van der Waals surface area contributed by atoms with Crippen LogP contribution in [0.5, 0.6) is 0 Å². The fourth-order valence-corrected chi connectivity index (χ4v) is 1.58. The van der Waals surface area contributed by atoms with Crippen molar-refractivity contribution in [3.8, 4) is 0 Å². The number of hydrogen-bond acceptors (Lipinski definition) is 4. The molecule has 1 heterocycles. The first-order valence-electron chi connectivity index (χ1n) is 4.29. The molecule has 1 rings (SSSR count). The highest BCUT2D eigenvalue weighted by Crippen LogP contribution is 2.15. The van der Waals surface area contributed by atoms with E-state index in [-0.39, 0.29) is 0 Å². The van der Waals surface area contributed by atoms with Crippen molar-refractivity contribution < 1.29 is 0 Å². The van der Waals surface area contributed by atoms with Gasteiger partial charge < -0.3 is 5.32 Å². The predicted octanol–water partition coefficient (Wildman–Crippen LogP) is 2.17. The summed E-state index contributed by atoms with van der Waals surface area (Å²) in [5.74, 6) is 1.61. The van der Waals surface area contributed by atoms with E-state index in [4.69, 9.17) is 0 Å². The molecule has 0 aliphatic heterocycles. The maximum atomic E-state index is 4.24. The number of nitrogens with zero attached hydrogens (tertiary/aromatic N) is 2. The van der Waals surface area contributed by atoms with Crippen molar-refractivity contribution in [1.29, 1.82) is 0 Å². The molecule has 0 bridgehead atoms. The molecule has 0 saturated carbocycles. The van der Waals surface area contributed by atoms with Gasteiger partial charge in [-0.05, 0) is 19.3 Å². The number of aromatic nitrogens is 2. The van der Waals surface area contributed by atoms with Gasteiger partial charge in [-0.25, -0.2) is 0 Å². The van der Waals surface area contributed by atoms with Crippen LogP contribution in [0.15, 0.2) is 0 Å². The molecule has 0 radical (unpaired) electrons. The Labute approximate surface area is 77.5 Å². The minimum atomic E-state index is 0.645. The molecule has 0 unspecified atom stereocenters. The Balaban J connectivity index is 2.63. The number of rotatable bonds is 4. The van der Waals surface area contributed by atoms with Gasteiger partial charge in [0.25, 0.3) is 0 Å². The summed E-state index contributed by atoms with van der Waals surface area (Å²) in [4.78, 5) is 0. The number of nitrogens with one attached hydrogen (secondary N) is 1. The predicted molar refractivity (Wildman–Crippen MR) is 52.6 cm³/mol. The minimum Gasteiger partial charge on any atom is -0.368 e. The van der Waals surface area contributed by atoms with Crippen LogP contribution >= 0.6 is 11.7 Å². The first-order valence-corrected chi connectivity index (χ1v) is 5.02. The van der Waals surface area contributed by atoms with E-state index in [1.165, 1.54) is 11.7 Å². The summed E-state index contributed by atoms with van der Waals surface area (Å²) in [6.45, 7) is 7.36. The third kappa shape index (κ3) is 2.44. The van der Waals surface area contributed by atoms with Crippen molar-refractivity contribution in [3.63, 3.8) is 0 Å². The average molecular weight is 185 g/mol. The summed E-state index contributed by atoms with van der Waals surface area (Å²) < 4.78 is 8.42. The van der Waals surface area contributed by atoms with Crippen LogP contribution in [0.2, 0.25) is 0 Å². The third-order valence-corrected chi connectivity index (χ3v) is 2.07. The Bertz CT molecular complexity index is 232. The quantitative estimate of drug-likeness (QED) is 0.781. The molecule has 0 spiro atoms. The zero-order valence-corrected chi connectivity index (χ0v) is 8.61. The standard InChI is InChI=1S/C8H15N3S/c1-4-9-8-7(5-6(2)3)10-12-11-8/h6H,4-5H2,1-3H3,(H,9,11). The van der Waals surface area contributed by atoms with Gasteiger partial charge >= 0.3 is 0 Å². The van der Waals surface area contributed by atoms with Gasteiger partial charge in [0.2, 0.25) is 0 Å². The Morgan fingerprint density at radius 3 is 2.75 bits per heavy atom. The molecule has 0 aliphatic carbocycles. The van der Waals surface area contributed by atoms with E-state index < -0.39 is 0 Å². The molecule has 4 heteroatoms. The Morgan fingerprint density at radius 2 is 2.17 bits per heavy atom. The fraction of sp³-hybridized carbons (Fsp3) is 0.750. The third-order valence-electron chi connectivity index (χ3n) is 1.50. The first kappa shape index (κ1) is 9.45. The summed E-state index contributed by atoms with van der Waals surface area (Å²) in [5, 5.41) is 3.20. The zero-order valence-electron chi connectivity index (χ0n) is 7.79. The van der Waals surface area contributed by atoms with E-state index in [0.717, 1.165) is 24.5 Å². The van der Waals surface area contributed by atoms with Gasteiger partial charge in [0.15, 0.2) is 5.82 Å². The van der Waals surface area contributed by atoms with Crippen LogP contribution in [0, 0.1) is 5.92 Å². The van der Waals surface area contributed by atoms with E-state index in [1.807, 2.05) is 0 Å². The summed E-state index contributed by atoms with van der Waals surface area (Å²) in [6, 6.07) is 0. The highest BCUT2D eigenvalue weighted by molar-refractivity contribution is 6.99. The number of hydrogen-bond donors (Lipinski definition) is 1. The summed E-state index contributed by atoms with van der Waals surface area (Å²) in [5.41, 5.74) is 1.11. The van der Waals surface area contributed by atoms with Gasteiger partial charge in [-0.15, -0.1) is 0 Å². The molecule has 1 aromatic heterocycles. The second-order valence-corrected chi connectivity index (χ2v) is 3.72. The molecule has 0 aliphatic rings. The van der Waals surface area contributed by atoms with E-state index >= 15 is 0 Å². The zero-order chi connectivity index (χ0) is 8.97. The van der Waals surface area contributed by atoms with Crippen LogP contribution in [-0.2, 0) is 6.42 Å². The Kier molecular flexibility index (Phi) is 3.47. The molecular weight excluding hydrogens is 170 g/mol. The smallest absolute Gasteiger partial charge is 0.163 e. The fourth-order valence-electron chi connectivity index (χ4n) is 1.03. The lowest BCUT2D eigenvalue weighted by Crippen LogP contribution is -2.02. The van der Waals surface area contributed by atoms with Gasteiger partial charge in [-0.3, -0.25) is 0 Å². The van der Waals surface area contributed by atoms with Crippen molar-refractivity contribution in [1.82, 2.24) is 8.75 Å². The van der Waals surface area contributed by atoms with Crippen molar-refractivity contribution in [2.45, 2.75) is 27.2 Å². The molecule has 1 N–H and O–H groups in total. The SMILES string of the molecule is CCNc1nsnc1CC(C)C. The molecular formula is C8H15N3S.